The molecular formula is C16H22N4O3. The fourth-order valence-electron chi connectivity index (χ4n) is 3.74. The third kappa shape index (κ3) is 2.43. The Bertz CT molecular complexity index is 639. The lowest BCUT2D eigenvalue weighted by Crippen LogP contribution is -2.58. The number of aromatic nitrogens is 2. The second kappa shape index (κ2) is 5.33. The van der Waals surface area contributed by atoms with Gasteiger partial charge in [0.1, 0.15) is 5.69 Å². The molecule has 2 atom stereocenters. The molecule has 4 rings (SSSR count). The fourth-order valence-corrected chi connectivity index (χ4v) is 3.74. The van der Waals surface area contributed by atoms with E-state index in [1.54, 1.807) is 28.9 Å². The number of carbonyl (C=O) groups is 2. The zero-order chi connectivity index (χ0) is 16.0. The summed E-state index contributed by atoms with van der Waals surface area (Å²) in [6, 6.07) is 2.04. The van der Waals surface area contributed by atoms with E-state index in [1.165, 1.54) is 0 Å². The summed E-state index contributed by atoms with van der Waals surface area (Å²) in [6.07, 6.45) is 5.06. The van der Waals surface area contributed by atoms with Crippen molar-refractivity contribution in [2.24, 2.45) is 12.5 Å². The smallest absolute Gasteiger partial charge is 0.272 e. The summed E-state index contributed by atoms with van der Waals surface area (Å²) in [7, 11) is 1.76. The van der Waals surface area contributed by atoms with Gasteiger partial charge in [-0.1, -0.05) is 0 Å². The molecule has 124 valence electrons. The zero-order valence-electron chi connectivity index (χ0n) is 13.3. The van der Waals surface area contributed by atoms with Crippen LogP contribution in [0.5, 0.6) is 0 Å². The van der Waals surface area contributed by atoms with E-state index in [-0.39, 0.29) is 17.9 Å². The number of nitrogens with zero attached hydrogens (tertiary/aromatic N) is 3. The molecule has 0 radical (unpaired) electrons. The highest BCUT2D eigenvalue weighted by atomic mass is 16.5. The minimum Gasteiger partial charge on any atom is -0.377 e. The summed E-state index contributed by atoms with van der Waals surface area (Å²) in [6.45, 7) is 1.64. The summed E-state index contributed by atoms with van der Waals surface area (Å²) in [5.41, 5.74) is -0.0325. The maximum absolute atomic E-state index is 12.8. The number of rotatable bonds is 3. The Hall–Kier alpha value is -1.89. The van der Waals surface area contributed by atoms with Gasteiger partial charge < -0.3 is 15.0 Å². The van der Waals surface area contributed by atoms with Crippen molar-refractivity contribution in [3.05, 3.63) is 18.0 Å². The Balaban J connectivity index is 1.56. The monoisotopic (exact) mass is 318 g/mol. The number of carbonyl (C=O) groups excluding carboxylic acids is 2. The summed E-state index contributed by atoms with van der Waals surface area (Å²) in [5.74, 6) is -0.000969. The molecule has 1 aromatic rings. The number of fused-ring (bicyclic) bond motifs is 1. The van der Waals surface area contributed by atoms with Gasteiger partial charge in [0.15, 0.2) is 0 Å². The first-order valence-electron chi connectivity index (χ1n) is 8.30. The first-order valence-corrected chi connectivity index (χ1v) is 8.30. The average Bonchev–Trinajstić information content (AvgIpc) is 3.09. The van der Waals surface area contributed by atoms with E-state index in [9.17, 15) is 9.59 Å². The molecule has 0 unspecified atom stereocenters. The molecule has 1 aliphatic carbocycles. The third-order valence-corrected chi connectivity index (χ3v) is 5.31. The van der Waals surface area contributed by atoms with Gasteiger partial charge in [0.25, 0.3) is 5.91 Å². The molecule has 1 N–H and O–H groups in total. The molecule has 3 aliphatic rings. The van der Waals surface area contributed by atoms with Crippen LogP contribution >= 0.6 is 0 Å². The number of aryl methyl sites for hydroxylation is 1. The van der Waals surface area contributed by atoms with Crippen LogP contribution in [0.2, 0.25) is 0 Å². The molecule has 2 saturated heterocycles. The largest absolute Gasteiger partial charge is 0.377 e. The van der Waals surface area contributed by atoms with E-state index < -0.39 is 5.41 Å². The van der Waals surface area contributed by atoms with Gasteiger partial charge in [-0.05, 0) is 31.7 Å². The molecule has 3 heterocycles. The molecule has 23 heavy (non-hydrogen) atoms. The van der Waals surface area contributed by atoms with Crippen LogP contribution in [0.1, 0.15) is 36.2 Å². The average molecular weight is 318 g/mol. The predicted molar refractivity (Wildman–Crippen MR) is 81.7 cm³/mol. The molecule has 1 aromatic heterocycles. The molecule has 2 aliphatic heterocycles. The van der Waals surface area contributed by atoms with Gasteiger partial charge in [-0.15, -0.1) is 0 Å². The van der Waals surface area contributed by atoms with E-state index in [0.717, 1.165) is 12.8 Å². The van der Waals surface area contributed by atoms with Crippen LogP contribution in [-0.2, 0) is 16.6 Å². The lowest BCUT2D eigenvalue weighted by molar-refractivity contribution is -0.138. The summed E-state index contributed by atoms with van der Waals surface area (Å²) in [5, 5.41) is 7.18. The first-order chi connectivity index (χ1) is 11.1. The number of nitrogens with one attached hydrogen (secondary N) is 1. The van der Waals surface area contributed by atoms with Crippen LogP contribution in [0.3, 0.4) is 0 Å². The highest BCUT2D eigenvalue weighted by molar-refractivity contribution is 5.93. The minimum absolute atomic E-state index is 0.0602. The van der Waals surface area contributed by atoms with Crippen molar-refractivity contribution < 1.29 is 14.3 Å². The number of hydrogen-bond donors (Lipinski definition) is 1. The molecule has 2 amide bonds. The van der Waals surface area contributed by atoms with Gasteiger partial charge in [0, 0.05) is 39.0 Å². The summed E-state index contributed by atoms with van der Waals surface area (Å²) in [4.78, 5) is 27.4. The summed E-state index contributed by atoms with van der Waals surface area (Å²) >= 11 is 0. The zero-order valence-corrected chi connectivity index (χ0v) is 13.3. The Morgan fingerprint density at radius 2 is 2.22 bits per heavy atom. The van der Waals surface area contributed by atoms with Gasteiger partial charge in [-0.2, -0.15) is 5.10 Å². The highest BCUT2D eigenvalue weighted by Crippen LogP contribution is 2.42. The van der Waals surface area contributed by atoms with E-state index in [1.807, 2.05) is 0 Å². The lowest BCUT2D eigenvalue weighted by atomic mass is 9.75. The molecule has 0 aromatic carbocycles. The van der Waals surface area contributed by atoms with Crippen molar-refractivity contribution in [3.8, 4) is 0 Å². The summed E-state index contributed by atoms with van der Waals surface area (Å²) < 4.78 is 7.39. The predicted octanol–water partition coefficient (Wildman–Crippen LogP) is 0.320. The van der Waals surface area contributed by atoms with E-state index >= 15 is 0 Å². The number of likely N-dealkylation sites (tertiary alicyclic amines) is 1. The van der Waals surface area contributed by atoms with Crippen molar-refractivity contribution in [3.63, 3.8) is 0 Å². The molecule has 3 fully saturated rings. The van der Waals surface area contributed by atoms with E-state index in [0.29, 0.717) is 44.3 Å². The van der Waals surface area contributed by atoms with Crippen molar-refractivity contribution in [2.75, 3.05) is 19.7 Å². The van der Waals surface area contributed by atoms with Gasteiger partial charge in [0.2, 0.25) is 5.91 Å². The van der Waals surface area contributed by atoms with Crippen LogP contribution in [0.4, 0.5) is 0 Å². The quantitative estimate of drug-likeness (QED) is 0.871. The first kappa shape index (κ1) is 14.7. The van der Waals surface area contributed by atoms with Crippen LogP contribution < -0.4 is 5.32 Å². The molecule has 0 bridgehead atoms. The molecule has 1 saturated carbocycles. The minimum atomic E-state index is -0.588. The number of hydrogen-bond acceptors (Lipinski definition) is 4. The number of piperidine rings is 1. The van der Waals surface area contributed by atoms with Crippen molar-refractivity contribution >= 4 is 11.8 Å². The SMILES string of the molecule is Cn1nccc1C(=O)N1CC[C@H]2OCC[C@@]2(C(=O)NC2CC2)C1. The van der Waals surface area contributed by atoms with Crippen LogP contribution in [0.25, 0.3) is 0 Å². The highest BCUT2D eigenvalue weighted by Gasteiger charge is 2.54. The second-order valence-corrected chi connectivity index (χ2v) is 6.87. The van der Waals surface area contributed by atoms with Gasteiger partial charge in [-0.25, -0.2) is 0 Å². The van der Waals surface area contributed by atoms with Crippen LogP contribution in [0.15, 0.2) is 12.3 Å². The number of amides is 2. The topological polar surface area (TPSA) is 76.5 Å². The fraction of sp³-hybridized carbons (Fsp3) is 0.688. The van der Waals surface area contributed by atoms with E-state index in [4.69, 9.17) is 4.74 Å². The van der Waals surface area contributed by atoms with Gasteiger partial charge >= 0.3 is 0 Å². The molecule has 0 spiro atoms. The van der Waals surface area contributed by atoms with E-state index in [2.05, 4.69) is 10.4 Å². The second-order valence-electron chi connectivity index (χ2n) is 6.87. The molecule has 7 heteroatoms. The number of ether oxygens (including phenoxy) is 1. The lowest BCUT2D eigenvalue weighted by Gasteiger charge is -2.42. The third-order valence-electron chi connectivity index (χ3n) is 5.31. The Kier molecular flexibility index (Phi) is 3.41. The maximum atomic E-state index is 12.8. The van der Waals surface area contributed by atoms with Crippen LogP contribution in [0, 0.1) is 5.41 Å². The molecular weight excluding hydrogens is 296 g/mol. The van der Waals surface area contributed by atoms with Crippen molar-refractivity contribution in [1.29, 1.82) is 0 Å². The van der Waals surface area contributed by atoms with Crippen molar-refractivity contribution in [2.45, 2.75) is 37.8 Å². The normalized spacial score (nSPS) is 30.1. The Morgan fingerprint density at radius 3 is 2.91 bits per heavy atom. The van der Waals surface area contributed by atoms with Crippen molar-refractivity contribution in [1.82, 2.24) is 20.0 Å². The Morgan fingerprint density at radius 1 is 1.39 bits per heavy atom. The standard InChI is InChI=1S/C16H22N4O3/c1-19-12(4-7-17-19)14(21)20-8-5-13-16(10-20,6-9-23-13)15(22)18-11-2-3-11/h4,7,11,13H,2-3,5-6,8-10H2,1H3,(H,18,22)/t13-,16-/m1/s1. The maximum Gasteiger partial charge on any atom is 0.272 e. The van der Waals surface area contributed by atoms with Gasteiger partial charge in [0.05, 0.1) is 11.5 Å². The Labute approximate surface area is 135 Å². The molecule has 7 nitrogen and oxygen atoms in total. The van der Waals surface area contributed by atoms with Gasteiger partial charge in [-0.3, -0.25) is 14.3 Å². The van der Waals surface area contributed by atoms with Crippen LogP contribution in [-0.4, -0.2) is 58.3 Å².